The van der Waals surface area contributed by atoms with E-state index >= 15 is 0 Å². The van der Waals surface area contributed by atoms with Crippen molar-refractivity contribution in [3.05, 3.63) is 358 Å². The molecule has 0 spiro atoms. The van der Waals surface area contributed by atoms with Crippen molar-refractivity contribution in [3.63, 3.8) is 0 Å². The van der Waals surface area contributed by atoms with Gasteiger partial charge in [0.2, 0.25) is 0 Å². The number of rotatable bonds is 11. The predicted molar refractivity (Wildman–Crippen MR) is 427 cm³/mol. The maximum atomic E-state index is 2.60. The van der Waals surface area contributed by atoms with E-state index in [9.17, 15) is 0 Å². The van der Waals surface area contributed by atoms with Gasteiger partial charge in [-0.05, 0) is 227 Å². The highest BCUT2D eigenvalue weighted by Gasteiger charge is 2.43. The minimum Gasteiger partial charge on any atom is -0.309 e. The van der Waals surface area contributed by atoms with Crippen molar-refractivity contribution in [1.29, 1.82) is 0 Å². The van der Waals surface area contributed by atoms with Crippen LogP contribution in [0.3, 0.4) is 0 Å². The Balaban J connectivity index is 0.754. The van der Waals surface area contributed by atoms with Crippen LogP contribution in [0.5, 0.6) is 0 Å². The number of anilines is 6. The zero-order chi connectivity index (χ0) is 69.0. The second kappa shape index (κ2) is 22.9. The van der Waals surface area contributed by atoms with Crippen LogP contribution in [-0.4, -0.2) is 0 Å². The van der Waals surface area contributed by atoms with E-state index in [1.165, 1.54) is 178 Å². The highest BCUT2D eigenvalue weighted by atomic mass is 15.2. The van der Waals surface area contributed by atoms with E-state index in [-0.39, 0.29) is 21.7 Å². The fraction of sp³-hybridized carbons (Fsp3) is 0.152. The van der Waals surface area contributed by atoms with Gasteiger partial charge in [-0.3, -0.25) is 0 Å². The summed E-state index contributed by atoms with van der Waals surface area (Å²) in [7, 11) is 0. The predicted octanol–water partition coefficient (Wildman–Crippen LogP) is 27.1. The molecule has 0 atom stereocenters. The third kappa shape index (κ3) is 9.44. The first kappa shape index (κ1) is 62.0. The van der Waals surface area contributed by atoms with Gasteiger partial charge >= 0.3 is 0 Å². The SMILES string of the molecule is Cc1cccc(C)c1-c1cc(-c2cccc(-c3ccc(-c4cc(C)c(N(c5ccc6c(c5)C(C)(C)c5ccccc5-6)c5cccc6c5-c5ccccc5C6(C)C)c(-c5ccccc5)c4)cc3)c2)ccc1N(c1ccc2c(c1)C(C)(C)c1ccccc1-2)c1cccc2c1-c1ccccc1C2(C)C. The monoisotopic (exact) mass is 1300 g/mol. The van der Waals surface area contributed by atoms with E-state index in [2.05, 4.69) is 383 Å². The molecule has 4 aliphatic rings. The third-order valence-corrected chi connectivity index (χ3v) is 23.6. The maximum Gasteiger partial charge on any atom is 0.0569 e. The summed E-state index contributed by atoms with van der Waals surface area (Å²) in [5.74, 6) is 0. The molecule has 4 aliphatic carbocycles. The molecule has 0 heterocycles. The molecule has 0 saturated heterocycles. The van der Waals surface area contributed by atoms with Crippen molar-refractivity contribution in [2.75, 3.05) is 9.80 Å². The summed E-state index contributed by atoms with van der Waals surface area (Å²) in [4.78, 5) is 5.19. The summed E-state index contributed by atoms with van der Waals surface area (Å²) in [6, 6.07) is 113. The molecule has 0 N–H and O–H groups in total. The molecule has 14 aromatic rings. The van der Waals surface area contributed by atoms with E-state index in [1.54, 1.807) is 0 Å². The molecule has 2 nitrogen and oxygen atoms in total. The van der Waals surface area contributed by atoms with Crippen LogP contribution in [0.4, 0.5) is 34.1 Å². The van der Waals surface area contributed by atoms with Crippen LogP contribution in [0.15, 0.2) is 297 Å². The molecular formula is C99H82N2. The summed E-state index contributed by atoms with van der Waals surface area (Å²) in [5.41, 5.74) is 43.1. The average molecular weight is 1300 g/mol. The van der Waals surface area contributed by atoms with Crippen molar-refractivity contribution in [1.82, 2.24) is 0 Å². The Morgan fingerprint density at radius 3 is 1.12 bits per heavy atom. The van der Waals surface area contributed by atoms with E-state index in [0.29, 0.717) is 0 Å². The van der Waals surface area contributed by atoms with E-state index in [0.717, 1.165) is 17.1 Å². The van der Waals surface area contributed by atoms with Gasteiger partial charge in [0.1, 0.15) is 0 Å². The Bertz CT molecular complexity index is 5730. The zero-order valence-corrected chi connectivity index (χ0v) is 59.7. The fourth-order valence-electron chi connectivity index (χ4n) is 18.5. The van der Waals surface area contributed by atoms with Crippen LogP contribution >= 0.6 is 0 Å². The van der Waals surface area contributed by atoms with Gasteiger partial charge in [0, 0.05) is 55.3 Å². The van der Waals surface area contributed by atoms with Gasteiger partial charge in [-0.15, -0.1) is 0 Å². The van der Waals surface area contributed by atoms with Gasteiger partial charge in [-0.2, -0.15) is 0 Å². The molecule has 0 amide bonds. The molecule has 0 aromatic heterocycles. The van der Waals surface area contributed by atoms with Crippen LogP contribution in [-0.2, 0) is 21.7 Å². The van der Waals surface area contributed by atoms with Gasteiger partial charge in [0.25, 0.3) is 0 Å². The van der Waals surface area contributed by atoms with Gasteiger partial charge < -0.3 is 9.80 Å². The van der Waals surface area contributed by atoms with Gasteiger partial charge in [-0.1, -0.05) is 286 Å². The van der Waals surface area contributed by atoms with Crippen molar-refractivity contribution in [3.8, 4) is 100 Å². The largest absolute Gasteiger partial charge is 0.309 e. The summed E-state index contributed by atoms with van der Waals surface area (Å²) in [5, 5.41) is 0. The summed E-state index contributed by atoms with van der Waals surface area (Å²) < 4.78 is 0. The highest BCUT2D eigenvalue weighted by molar-refractivity contribution is 6.03. The second-order valence-electron chi connectivity index (χ2n) is 30.9. The summed E-state index contributed by atoms with van der Waals surface area (Å²) in [6.07, 6.45) is 0. The number of fused-ring (bicyclic) bond motifs is 12. The summed E-state index contributed by atoms with van der Waals surface area (Å²) >= 11 is 0. The van der Waals surface area contributed by atoms with Crippen LogP contribution in [0.25, 0.3) is 100 Å². The highest BCUT2D eigenvalue weighted by Crippen LogP contribution is 2.60. The van der Waals surface area contributed by atoms with Crippen molar-refractivity contribution in [2.45, 2.75) is 97.8 Å². The lowest BCUT2D eigenvalue weighted by atomic mass is 9.82. The molecular weight excluding hydrogens is 1220 g/mol. The number of aryl methyl sites for hydroxylation is 3. The Morgan fingerprint density at radius 2 is 0.574 bits per heavy atom. The molecule has 0 radical (unpaired) electrons. The van der Waals surface area contributed by atoms with Gasteiger partial charge in [0.05, 0.1) is 22.7 Å². The molecule has 488 valence electrons. The quantitative estimate of drug-likeness (QED) is 0.127. The molecule has 0 unspecified atom stereocenters. The lowest BCUT2D eigenvalue weighted by Crippen LogP contribution is -2.18. The van der Waals surface area contributed by atoms with Crippen LogP contribution in [0.2, 0.25) is 0 Å². The molecule has 101 heavy (non-hydrogen) atoms. The Morgan fingerprint density at radius 1 is 0.198 bits per heavy atom. The Hall–Kier alpha value is -11.3. The third-order valence-electron chi connectivity index (χ3n) is 23.6. The van der Waals surface area contributed by atoms with Gasteiger partial charge in [-0.25, -0.2) is 0 Å². The molecule has 2 heteroatoms. The van der Waals surface area contributed by atoms with E-state index in [1.807, 2.05) is 0 Å². The summed E-state index contributed by atoms with van der Waals surface area (Å²) in [6.45, 7) is 26.0. The maximum absolute atomic E-state index is 2.60. The first-order valence-electron chi connectivity index (χ1n) is 36.1. The van der Waals surface area contributed by atoms with Crippen molar-refractivity contribution >= 4 is 34.1 Å². The van der Waals surface area contributed by atoms with Crippen LogP contribution < -0.4 is 9.80 Å². The second-order valence-corrected chi connectivity index (χ2v) is 30.9. The molecule has 0 bridgehead atoms. The zero-order valence-electron chi connectivity index (χ0n) is 59.7. The fourth-order valence-corrected chi connectivity index (χ4v) is 18.5. The number of benzene rings is 14. The number of nitrogens with zero attached hydrogens (tertiary/aromatic N) is 2. The van der Waals surface area contributed by atoms with Crippen molar-refractivity contribution in [2.24, 2.45) is 0 Å². The molecule has 0 fully saturated rings. The van der Waals surface area contributed by atoms with Crippen LogP contribution in [0.1, 0.15) is 117 Å². The van der Waals surface area contributed by atoms with E-state index in [4.69, 9.17) is 0 Å². The van der Waals surface area contributed by atoms with Crippen molar-refractivity contribution < 1.29 is 0 Å². The Kier molecular flexibility index (Phi) is 14.0. The molecule has 0 saturated carbocycles. The first-order valence-corrected chi connectivity index (χ1v) is 36.1. The van der Waals surface area contributed by atoms with Gasteiger partial charge in [0.15, 0.2) is 0 Å². The molecule has 14 aromatic carbocycles. The lowest BCUT2D eigenvalue weighted by Gasteiger charge is -2.33. The molecule has 0 aliphatic heterocycles. The van der Waals surface area contributed by atoms with Crippen LogP contribution in [0, 0.1) is 20.8 Å². The Labute approximate surface area is 596 Å². The number of hydrogen-bond acceptors (Lipinski definition) is 2. The smallest absolute Gasteiger partial charge is 0.0569 e. The minimum atomic E-state index is -0.184. The topological polar surface area (TPSA) is 6.48 Å². The standard InChI is InChI=1S/C99H82N2/c1-61-27-23-28-62(2)92(61)80-57-69(49-54-89(80)100(71-50-52-75-73-33-15-19-37-81(73)98(8,9)87(75)59-71)90-43-25-41-85-93(90)77-35-17-21-39-83(77)96(85,4)5)68-32-24-31-67(56-68)64-45-47-65(48-46-64)70-55-63(3)95(79(58-70)66-29-13-12-14-30-66)101(72-51-53-76-74-34-16-20-38-82(74)99(10,11)88(76)60-72)91-44-26-42-86-94(91)78-36-18-22-40-84(78)97(86,6)7/h12-60H,1-11H3. The minimum absolute atomic E-state index is 0.172. The number of hydrogen-bond donors (Lipinski definition) is 0. The normalized spacial score (nSPS) is 14.6. The average Bonchev–Trinajstić information content (AvgIpc) is 1.47. The lowest BCUT2D eigenvalue weighted by molar-refractivity contribution is 0.660. The molecule has 18 rings (SSSR count). The first-order chi connectivity index (χ1) is 48.9. The van der Waals surface area contributed by atoms with E-state index < -0.39 is 0 Å².